The number of aryl methyl sites for hydroxylation is 1. The fourth-order valence-electron chi connectivity index (χ4n) is 1.12. The van der Waals surface area contributed by atoms with Gasteiger partial charge in [-0.05, 0) is 6.42 Å². The van der Waals surface area contributed by atoms with Crippen LogP contribution in [0.2, 0.25) is 5.02 Å². The van der Waals surface area contributed by atoms with Crippen molar-refractivity contribution in [2.75, 3.05) is 7.11 Å². The summed E-state index contributed by atoms with van der Waals surface area (Å²) in [6.07, 6.45) is 3.89. The molecule has 0 aromatic carbocycles. The minimum Gasteiger partial charge on any atom is -0.274 e. The van der Waals surface area contributed by atoms with Crippen LogP contribution in [0.5, 0.6) is 0 Å². The minimum atomic E-state index is 0.756. The molecule has 1 aromatic heterocycles. The van der Waals surface area contributed by atoms with E-state index in [9.17, 15) is 0 Å². The van der Waals surface area contributed by atoms with Crippen molar-refractivity contribution in [1.29, 1.82) is 0 Å². The van der Waals surface area contributed by atoms with E-state index in [1.165, 1.54) is 0 Å². The molecule has 0 fully saturated rings. The van der Waals surface area contributed by atoms with E-state index < -0.39 is 0 Å². The molecule has 0 saturated carbocycles. The molecule has 0 aliphatic heterocycles. The molecule has 1 rings (SSSR count). The van der Waals surface area contributed by atoms with Gasteiger partial charge in [-0.3, -0.25) is 4.84 Å². The van der Waals surface area contributed by atoms with Crippen LogP contribution in [0.3, 0.4) is 0 Å². The Bertz CT molecular complexity index is 263. The van der Waals surface area contributed by atoms with Crippen molar-refractivity contribution in [2.24, 2.45) is 0 Å². The highest BCUT2D eigenvalue weighted by molar-refractivity contribution is 6.30. The Morgan fingerprint density at radius 1 is 1.58 bits per heavy atom. The van der Waals surface area contributed by atoms with Crippen LogP contribution >= 0.6 is 11.6 Å². The Balaban J connectivity index is 2.95. The average Bonchev–Trinajstić information content (AvgIpc) is 2.05. The zero-order chi connectivity index (χ0) is 8.97. The van der Waals surface area contributed by atoms with Gasteiger partial charge in [-0.25, -0.2) is 0 Å². The summed E-state index contributed by atoms with van der Waals surface area (Å²) in [6, 6.07) is 3.73. The smallest absolute Gasteiger partial charge is 0.235 e. The van der Waals surface area contributed by atoms with Gasteiger partial charge in [0, 0.05) is 23.3 Å². The lowest BCUT2D eigenvalue weighted by Crippen LogP contribution is -2.44. The van der Waals surface area contributed by atoms with Gasteiger partial charge in [-0.2, -0.15) is 0 Å². The summed E-state index contributed by atoms with van der Waals surface area (Å²) in [4.78, 5) is 5.11. The molecule has 0 spiro atoms. The van der Waals surface area contributed by atoms with Crippen LogP contribution in [-0.2, 0) is 6.42 Å². The Morgan fingerprint density at radius 3 is 2.92 bits per heavy atom. The molecule has 0 aliphatic carbocycles. The third-order valence-corrected chi connectivity index (χ3v) is 1.89. The predicted molar refractivity (Wildman–Crippen MR) is 48.1 cm³/mol. The van der Waals surface area contributed by atoms with Gasteiger partial charge < -0.3 is 0 Å². The second-order valence-corrected chi connectivity index (χ2v) is 3.03. The van der Waals surface area contributed by atoms with E-state index >= 15 is 0 Å². The maximum absolute atomic E-state index is 5.84. The summed E-state index contributed by atoms with van der Waals surface area (Å²) in [5.74, 6) is 0. The lowest BCUT2D eigenvalue weighted by atomic mass is 10.2. The quantitative estimate of drug-likeness (QED) is 0.655. The number of rotatable bonds is 3. The van der Waals surface area contributed by atoms with Gasteiger partial charge in [0.05, 0.1) is 5.02 Å². The number of halogens is 1. The molecule has 0 N–H and O–H groups in total. The first kappa shape index (κ1) is 9.33. The van der Waals surface area contributed by atoms with Gasteiger partial charge in [0.15, 0.2) is 0 Å². The lowest BCUT2D eigenvalue weighted by molar-refractivity contribution is -0.890. The molecular weight excluding hydrogens is 174 g/mol. The summed E-state index contributed by atoms with van der Waals surface area (Å²) in [7, 11) is 1.65. The Kier molecular flexibility index (Phi) is 3.35. The van der Waals surface area contributed by atoms with E-state index in [1.807, 2.05) is 18.3 Å². The molecule has 1 heterocycles. The Labute approximate surface area is 77.7 Å². The Morgan fingerprint density at radius 2 is 2.33 bits per heavy atom. The van der Waals surface area contributed by atoms with E-state index in [1.54, 1.807) is 11.8 Å². The molecule has 0 atom stereocenters. The minimum absolute atomic E-state index is 0.756. The highest BCUT2D eigenvalue weighted by Gasteiger charge is 2.10. The second kappa shape index (κ2) is 4.31. The van der Waals surface area contributed by atoms with E-state index in [0.717, 1.165) is 23.6 Å². The van der Waals surface area contributed by atoms with Crippen LogP contribution in [0.4, 0.5) is 0 Å². The SMILES string of the molecule is CCCc1cc(Cl)cc[n+]1OC. The fourth-order valence-corrected chi connectivity index (χ4v) is 1.30. The maximum Gasteiger partial charge on any atom is 0.235 e. The van der Waals surface area contributed by atoms with Crippen molar-refractivity contribution in [3.8, 4) is 0 Å². The number of hydrogen-bond donors (Lipinski definition) is 0. The van der Waals surface area contributed by atoms with Crippen molar-refractivity contribution in [3.63, 3.8) is 0 Å². The molecule has 0 radical (unpaired) electrons. The summed E-state index contributed by atoms with van der Waals surface area (Å²) >= 11 is 5.84. The van der Waals surface area contributed by atoms with E-state index in [4.69, 9.17) is 16.4 Å². The summed E-state index contributed by atoms with van der Waals surface area (Å²) in [5, 5.41) is 0.756. The first-order valence-electron chi connectivity index (χ1n) is 4.02. The van der Waals surface area contributed by atoms with Crippen molar-refractivity contribution in [1.82, 2.24) is 0 Å². The second-order valence-electron chi connectivity index (χ2n) is 2.59. The van der Waals surface area contributed by atoms with E-state index in [-0.39, 0.29) is 0 Å². The van der Waals surface area contributed by atoms with Crippen molar-refractivity contribution < 1.29 is 9.57 Å². The normalized spacial score (nSPS) is 9.92. The van der Waals surface area contributed by atoms with Crippen LogP contribution in [0.15, 0.2) is 18.3 Å². The van der Waals surface area contributed by atoms with Gasteiger partial charge >= 0.3 is 0 Å². The number of pyridine rings is 1. The molecule has 0 unspecified atom stereocenters. The monoisotopic (exact) mass is 186 g/mol. The van der Waals surface area contributed by atoms with Crippen molar-refractivity contribution in [3.05, 3.63) is 29.0 Å². The van der Waals surface area contributed by atoms with Crippen LogP contribution in [0.25, 0.3) is 0 Å². The van der Waals surface area contributed by atoms with Crippen LogP contribution in [0.1, 0.15) is 19.0 Å². The molecule has 3 heteroatoms. The largest absolute Gasteiger partial charge is 0.274 e. The third-order valence-electron chi connectivity index (χ3n) is 1.66. The molecule has 66 valence electrons. The molecular formula is C9H13ClNO+. The molecule has 0 amide bonds. The van der Waals surface area contributed by atoms with Gasteiger partial charge in [0.2, 0.25) is 11.9 Å². The lowest BCUT2D eigenvalue weighted by Gasteiger charge is -1.98. The topological polar surface area (TPSA) is 13.1 Å². The zero-order valence-corrected chi connectivity index (χ0v) is 8.14. The third kappa shape index (κ3) is 2.11. The molecule has 1 aromatic rings. The van der Waals surface area contributed by atoms with Gasteiger partial charge in [0.1, 0.15) is 7.11 Å². The van der Waals surface area contributed by atoms with Crippen molar-refractivity contribution in [2.45, 2.75) is 19.8 Å². The van der Waals surface area contributed by atoms with Crippen LogP contribution < -0.4 is 9.57 Å². The van der Waals surface area contributed by atoms with Crippen LogP contribution in [0, 0.1) is 0 Å². The first-order chi connectivity index (χ1) is 5.77. The summed E-state index contributed by atoms with van der Waals surface area (Å²) < 4.78 is 1.73. The van der Waals surface area contributed by atoms with E-state index in [2.05, 4.69) is 6.92 Å². The average molecular weight is 187 g/mol. The van der Waals surface area contributed by atoms with Gasteiger partial charge in [0.25, 0.3) is 0 Å². The van der Waals surface area contributed by atoms with Gasteiger partial charge in [-0.15, -0.1) is 0 Å². The summed E-state index contributed by atoms with van der Waals surface area (Å²) in [6.45, 7) is 2.13. The molecule has 0 aliphatic rings. The predicted octanol–water partition coefficient (Wildman–Crippen LogP) is 1.64. The van der Waals surface area contributed by atoms with Gasteiger partial charge in [-0.1, -0.05) is 18.5 Å². The molecule has 2 nitrogen and oxygen atoms in total. The Hall–Kier alpha value is -0.760. The molecule has 0 bridgehead atoms. The van der Waals surface area contributed by atoms with Crippen LogP contribution in [-0.4, -0.2) is 7.11 Å². The number of hydrogen-bond acceptors (Lipinski definition) is 1. The fraction of sp³-hybridized carbons (Fsp3) is 0.444. The number of aromatic nitrogens is 1. The summed E-state index contributed by atoms with van der Waals surface area (Å²) in [5.41, 5.74) is 1.10. The highest BCUT2D eigenvalue weighted by Crippen LogP contribution is 2.07. The maximum atomic E-state index is 5.84. The van der Waals surface area contributed by atoms with Crippen molar-refractivity contribution >= 4 is 11.6 Å². The first-order valence-corrected chi connectivity index (χ1v) is 4.40. The highest BCUT2D eigenvalue weighted by atomic mass is 35.5. The van der Waals surface area contributed by atoms with E-state index in [0.29, 0.717) is 0 Å². The zero-order valence-electron chi connectivity index (χ0n) is 7.38. The number of nitrogens with zero attached hydrogens (tertiary/aromatic N) is 1. The molecule has 0 saturated heterocycles. The standard InChI is InChI=1S/C9H13ClNO/c1-3-4-9-7-8(10)5-6-11(9)12-2/h5-7H,3-4H2,1-2H3/q+1. The molecule has 12 heavy (non-hydrogen) atoms.